The maximum Gasteiger partial charge on any atom is 0.427 e. The lowest BCUT2D eigenvalue weighted by atomic mass is 10.0. The molecule has 0 fully saturated rings. The number of ether oxygens (including phenoxy) is 1. The second-order valence-electron chi connectivity index (χ2n) is 3.31. The number of carbonyl (C=O) groups excluding carboxylic acids is 1. The zero-order chi connectivity index (χ0) is 11.8. The van der Waals surface area contributed by atoms with Crippen molar-refractivity contribution in [3.63, 3.8) is 0 Å². The first-order valence-corrected chi connectivity index (χ1v) is 5.25. The average molecular weight is 220 g/mol. The molecule has 1 unspecified atom stereocenters. The molecule has 4 heteroatoms. The fraction of sp³-hybridized carbons (Fsp3) is 0.333. The van der Waals surface area contributed by atoms with Crippen LogP contribution in [-0.2, 0) is 4.74 Å². The first kappa shape index (κ1) is 12.2. The van der Waals surface area contributed by atoms with Crippen LogP contribution < -0.4 is 5.43 Å². The second kappa shape index (κ2) is 6.61. The van der Waals surface area contributed by atoms with E-state index < -0.39 is 6.09 Å². The molecule has 0 aliphatic rings. The van der Waals surface area contributed by atoms with Crippen LogP contribution in [0.1, 0.15) is 25.3 Å². The number of nitrogens with one attached hydrogen (secondary N) is 1. The normalized spacial score (nSPS) is 12.4. The predicted molar refractivity (Wildman–Crippen MR) is 63.5 cm³/mol. The highest BCUT2D eigenvalue weighted by Crippen LogP contribution is 2.11. The molecule has 0 aliphatic carbocycles. The molecule has 0 bridgehead atoms. The molecule has 86 valence electrons. The molecule has 1 aromatic carbocycles. The molecule has 1 amide bonds. The van der Waals surface area contributed by atoms with Crippen LogP contribution in [-0.4, -0.2) is 18.9 Å². The van der Waals surface area contributed by atoms with Crippen molar-refractivity contribution in [3.05, 3.63) is 35.9 Å². The minimum absolute atomic E-state index is 0.156. The molecule has 1 atom stereocenters. The molecule has 0 aliphatic heterocycles. The van der Waals surface area contributed by atoms with E-state index in [2.05, 4.69) is 15.3 Å². The van der Waals surface area contributed by atoms with Crippen molar-refractivity contribution in [1.82, 2.24) is 5.43 Å². The highest BCUT2D eigenvalue weighted by Gasteiger charge is 2.01. The molecule has 0 saturated heterocycles. The lowest BCUT2D eigenvalue weighted by Crippen LogP contribution is -2.19. The van der Waals surface area contributed by atoms with Gasteiger partial charge in [-0.2, -0.15) is 5.10 Å². The van der Waals surface area contributed by atoms with Gasteiger partial charge in [0.05, 0.1) is 6.61 Å². The first-order chi connectivity index (χ1) is 7.74. The molecule has 4 nitrogen and oxygen atoms in total. The number of benzene rings is 1. The van der Waals surface area contributed by atoms with E-state index in [4.69, 9.17) is 0 Å². The fourth-order valence-corrected chi connectivity index (χ4v) is 1.21. The number of hydrogen-bond donors (Lipinski definition) is 1. The number of amides is 1. The molecular formula is C12H16N2O2. The molecule has 0 radical (unpaired) electrons. The van der Waals surface area contributed by atoms with Gasteiger partial charge in [-0.25, -0.2) is 10.2 Å². The SMILES string of the molecule is CCOC(=O)NN=CC(C)c1ccccc1. The Morgan fingerprint density at radius 1 is 1.50 bits per heavy atom. The minimum Gasteiger partial charge on any atom is -0.449 e. The summed E-state index contributed by atoms with van der Waals surface area (Å²) < 4.78 is 4.67. The summed E-state index contributed by atoms with van der Waals surface area (Å²) in [5.41, 5.74) is 3.44. The van der Waals surface area contributed by atoms with Gasteiger partial charge < -0.3 is 4.74 Å². The van der Waals surface area contributed by atoms with Crippen molar-refractivity contribution in [2.24, 2.45) is 5.10 Å². The summed E-state index contributed by atoms with van der Waals surface area (Å²) >= 11 is 0. The minimum atomic E-state index is -0.529. The van der Waals surface area contributed by atoms with Crippen molar-refractivity contribution in [3.8, 4) is 0 Å². The Bertz CT molecular complexity index is 349. The molecule has 0 spiro atoms. The third-order valence-corrected chi connectivity index (χ3v) is 2.05. The van der Waals surface area contributed by atoms with Crippen LogP contribution in [0, 0.1) is 0 Å². The van der Waals surface area contributed by atoms with Gasteiger partial charge in [-0.15, -0.1) is 0 Å². The number of hydrazone groups is 1. The van der Waals surface area contributed by atoms with E-state index >= 15 is 0 Å². The molecule has 0 saturated carbocycles. The van der Waals surface area contributed by atoms with Gasteiger partial charge >= 0.3 is 6.09 Å². The third-order valence-electron chi connectivity index (χ3n) is 2.05. The van der Waals surface area contributed by atoms with E-state index in [0.717, 1.165) is 5.56 Å². The van der Waals surface area contributed by atoms with Gasteiger partial charge in [0.2, 0.25) is 0 Å². The second-order valence-corrected chi connectivity index (χ2v) is 3.31. The van der Waals surface area contributed by atoms with Gasteiger partial charge in [0, 0.05) is 12.1 Å². The van der Waals surface area contributed by atoms with Crippen molar-refractivity contribution in [1.29, 1.82) is 0 Å². The van der Waals surface area contributed by atoms with E-state index in [-0.39, 0.29) is 5.92 Å². The van der Waals surface area contributed by atoms with E-state index in [1.54, 1.807) is 13.1 Å². The lowest BCUT2D eigenvalue weighted by molar-refractivity contribution is 0.152. The summed E-state index contributed by atoms with van der Waals surface area (Å²) in [6.45, 7) is 4.09. The van der Waals surface area contributed by atoms with Crippen LogP contribution in [0.25, 0.3) is 0 Å². The van der Waals surface area contributed by atoms with Crippen LogP contribution in [0.5, 0.6) is 0 Å². The van der Waals surface area contributed by atoms with Crippen LogP contribution in [0.2, 0.25) is 0 Å². The van der Waals surface area contributed by atoms with Crippen LogP contribution in [0.4, 0.5) is 4.79 Å². The number of hydrogen-bond acceptors (Lipinski definition) is 3. The van der Waals surface area contributed by atoms with Crippen molar-refractivity contribution >= 4 is 12.3 Å². The van der Waals surface area contributed by atoms with E-state index in [1.165, 1.54) is 0 Å². The number of rotatable bonds is 4. The Hall–Kier alpha value is -1.84. The molecule has 1 N–H and O–H groups in total. The maximum absolute atomic E-state index is 10.9. The van der Waals surface area contributed by atoms with Gasteiger partial charge in [0.1, 0.15) is 0 Å². The summed E-state index contributed by atoms with van der Waals surface area (Å²) in [5.74, 6) is 0.156. The van der Waals surface area contributed by atoms with Gasteiger partial charge in [0.25, 0.3) is 0 Å². The van der Waals surface area contributed by atoms with Crippen molar-refractivity contribution in [2.75, 3.05) is 6.61 Å². The monoisotopic (exact) mass is 220 g/mol. The Balaban J connectivity index is 2.43. The zero-order valence-corrected chi connectivity index (χ0v) is 9.51. The summed E-state index contributed by atoms with van der Waals surface area (Å²) in [6, 6.07) is 9.93. The average Bonchev–Trinajstić information content (AvgIpc) is 2.30. The Kier molecular flexibility index (Phi) is 5.05. The highest BCUT2D eigenvalue weighted by molar-refractivity contribution is 5.71. The Labute approximate surface area is 95.3 Å². The molecular weight excluding hydrogens is 204 g/mol. The maximum atomic E-state index is 10.9. The third kappa shape index (κ3) is 4.13. The summed E-state index contributed by atoms with van der Waals surface area (Å²) in [6.07, 6.45) is 1.14. The number of carbonyl (C=O) groups is 1. The predicted octanol–water partition coefficient (Wildman–Crippen LogP) is 2.52. The molecule has 0 heterocycles. The standard InChI is InChI=1S/C12H16N2O2/c1-3-16-12(15)14-13-9-10(2)11-7-5-4-6-8-11/h4-10H,3H2,1-2H3,(H,14,15). The largest absolute Gasteiger partial charge is 0.449 e. The van der Waals surface area contributed by atoms with Crippen molar-refractivity contribution < 1.29 is 9.53 Å². The van der Waals surface area contributed by atoms with E-state index in [9.17, 15) is 4.79 Å². The van der Waals surface area contributed by atoms with Crippen LogP contribution in [0.15, 0.2) is 35.4 Å². The van der Waals surface area contributed by atoms with Gasteiger partial charge in [-0.1, -0.05) is 37.3 Å². The van der Waals surface area contributed by atoms with Gasteiger partial charge in [-0.05, 0) is 12.5 Å². The van der Waals surface area contributed by atoms with Gasteiger partial charge in [-0.3, -0.25) is 0 Å². The molecule has 0 aromatic heterocycles. The summed E-state index contributed by atoms with van der Waals surface area (Å²) in [4.78, 5) is 10.9. The van der Waals surface area contributed by atoms with E-state index in [0.29, 0.717) is 6.61 Å². The Morgan fingerprint density at radius 2 is 2.19 bits per heavy atom. The lowest BCUT2D eigenvalue weighted by Gasteiger charge is -2.05. The highest BCUT2D eigenvalue weighted by atomic mass is 16.5. The Morgan fingerprint density at radius 3 is 2.81 bits per heavy atom. The fourth-order valence-electron chi connectivity index (χ4n) is 1.21. The van der Waals surface area contributed by atoms with E-state index in [1.807, 2.05) is 37.3 Å². The topological polar surface area (TPSA) is 50.7 Å². The first-order valence-electron chi connectivity index (χ1n) is 5.25. The smallest absolute Gasteiger partial charge is 0.427 e. The van der Waals surface area contributed by atoms with Crippen LogP contribution >= 0.6 is 0 Å². The molecule has 1 rings (SSSR count). The van der Waals surface area contributed by atoms with Gasteiger partial charge in [0.15, 0.2) is 0 Å². The zero-order valence-electron chi connectivity index (χ0n) is 9.51. The quantitative estimate of drug-likeness (QED) is 0.626. The summed E-state index contributed by atoms with van der Waals surface area (Å²) in [5, 5.41) is 3.82. The van der Waals surface area contributed by atoms with Crippen molar-refractivity contribution in [2.45, 2.75) is 19.8 Å². The van der Waals surface area contributed by atoms with Crippen LogP contribution in [0.3, 0.4) is 0 Å². The number of nitrogens with zero attached hydrogens (tertiary/aromatic N) is 1. The summed E-state index contributed by atoms with van der Waals surface area (Å²) in [7, 11) is 0. The molecule has 16 heavy (non-hydrogen) atoms. The molecule has 1 aromatic rings.